The molecule has 172 valence electrons. The number of carbonyl (C=O) groups excluding carboxylic acids is 1. The number of nitrogens with zero attached hydrogens (tertiary/aromatic N) is 3. The van der Waals surface area contributed by atoms with Gasteiger partial charge in [0.05, 0.1) is 15.8 Å². The molecular weight excluding hydrogens is 472 g/mol. The average molecular weight is 499 g/mol. The van der Waals surface area contributed by atoms with Crippen LogP contribution in [0.2, 0.25) is 4.34 Å². The normalized spacial score (nSPS) is 15.5. The van der Waals surface area contributed by atoms with Crippen molar-refractivity contribution in [1.29, 1.82) is 0 Å². The van der Waals surface area contributed by atoms with Crippen LogP contribution >= 0.6 is 34.3 Å². The van der Waals surface area contributed by atoms with E-state index in [1.807, 2.05) is 36.5 Å². The van der Waals surface area contributed by atoms with Crippen LogP contribution in [-0.4, -0.2) is 45.5 Å². The molecule has 3 aromatic heterocycles. The van der Waals surface area contributed by atoms with Crippen molar-refractivity contribution in [1.82, 2.24) is 19.8 Å². The maximum Gasteiger partial charge on any atom is 0.268 e. The third-order valence-corrected chi connectivity index (χ3v) is 8.67. The molecule has 1 fully saturated rings. The van der Waals surface area contributed by atoms with E-state index in [2.05, 4.69) is 45.7 Å². The van der Waals surface area contributed by atoms with Crippen molar-refractivity contribution in [3.8, 4) is 9.88 Å². The fourth-order valence-electron chi connectivity index (χ4n) is 4.47. The lowest BCUT2D eigenvalue weighted by atomic mass is 10.0. The second-order valence-electron chi connectivity index (χ2n) is 8.79. The van der Waals surface area contributed by atoms with E-state index in [4.69, 9.17) is 11.6 Å². The van der Waals surface area contributed by atoms with Gasteiger partial charge in [-0.25, -0.2) is 4.98 Å². The quantitative estimate of drug-likeness (QED) is 0.348. The number of carbonyl (C=O) groups is 1. The van der Waals surface area contributed by atoms with Gasteiger partial charge in [-0.3, -0.25) is 4.79 Å². The Hall–Kier alpha value is -2.19. The molecule has 0 spiro atoms. The molecule has 5 rings (SSSR count). The van der Waals surface area contributed by atoms with E-state index in [0.29, 0.717) is 18.3 Å². The summed E-state index contributed by atoms with van der Waals surface area (Å²) >= 11 is 9.28. The van der Waals surface area contributed by atoms with Crippen molar-refractivity contribution >= 4 is 51.1 Å². The van der Waals surface area contributed by atoms with E-state index in [1.165, 1.54) is 11.3 Å². The maximum atomic E-state index is 13.4. The van der Waals surface area contributed by atoms with Gasteiger partial charge in [-0.05, 0) is 51.0 Å². The number of nitrogens with one attached hydrogen (secondary N) is 1. The lowest BCUT2D eigenvalue weighted by molar-refractivity contribution is 0.0892. The van der Waals surface area contributed by atoms with Crippen LogP contribution < -0.4 is 5.32 Å². The number of piperidine rings is 1. The largest absolute Gasteiger partial charge is 0.348 e. The number of rotatable bonds is 6. The number of aromatic nitrogens is 2. The van der Waals surface area contributed by atoms with Crippen molar-refractivity contribution in [2.24, 2.45) is 0 Å². The Kier molecular flexibility index (Phi) is 6.56. The summed E-state index contributed by atoms with van der Waals surface area (Å²) in [5.74, 6) is 0.00368. The van der Waals surface area contributed by atoms with E-state index < -0.39 is 0 Å². The Morgan fingerprint density at radius 1 is 1.18 bits per heavy atom. The van der Waals surface area contributed by atoms with Gasteiger partial charge in [0.2, 0.25) is 0 Å². The average Bonchev–Trinajstić information content (AvgIpc) is 3.53. The number of halogens is 1. The lowest BCUT2D eigenvalue weighted by Crippen LogP contribution is -2.46. The number of amides is 1. The summed E-state index contributed by atoms with van der Waals surface area (Å²) in [5, 5.41) is 5.34. The number of likely N-dealkylation sites (tertiary alicyclic amines) is 1. The van der Waals surface area contributed by atoms with Crippen LogP contribution in [0.5, 0.6) is 0 Å². The summed E-state index contributed by atoms with van der Waals surface area (Å²) in [6.07, 6.45) is 3.89. The third kappa shape index (κ3) is 4.87. The van der Waals surface area contributed by atoms with Crippen LogP contribution in [0.3, 0.4) is 0 Å². The van der Waals surface area contributed by atoms with Gasteiger partial charge in [0, 0.05) is 47.2 Å². The maximum absolute atomic E-state index is 13.4. The summed E-state index contributed by atoms with van der Waals surface area (Å²) in [4.78, 5) is 22.6. The molecule has 1 aliphatic rings. The molecule has 1 saturated heterocycles. The molecule has 0 saturated carbocycles. The Morgan fingerprint density at radius 3 is 2.70 bits per heavy atom. The number of para-hydroxylation sites is 1. The van der Waals surface area contributed by atoms with Gasteiger partial charge in [-0.15, -0.1) is 22.7 Å². The van der Waals surface area contributed by atoms with Gasteiger partial charge in [0.15, 0.2) is 0 Å². The predicted molar refractivity (Wildman–Crippen MR) is 139 cm³/mol. The van der Waals surface area contributed by atoms with Gasteiger partial charge < -0.3 is 14.8 Å². The van der Waals surface area contributed by atoms with Gasteiger partial charge in [-0.1, -0.05) is 29.8 Å². The highest BCUT2D eigenvalue weighted by Gasteiger charge is 2.24. The number of fused-ring (bicyclic) bond motifs is 1. The van der Waals surface area contributed by atoms with Gasteiger partial charge in [-0.2, -0.15) is 0 Å². The second-order valence-corrected chi connectivity index (χ2v) is 11.6. The number of thiophene rings is 1. The molecule has 0 radical (unpaired) electrons. The van der Waals surface area contributed by atoms with E-state index in [-0.39, 0.29) is 11.9 Å². The van der Waals surface area contributed by atoms with Crippen molar-refractivity contribution in [3.05, 3.63) is 63.6 Å². The fraction of sp³-hybridized carbons (Fsp3) is 0.360. The van der Waals surface area contributed by atoms with Crippen molar-refractivity contribution in [2.45, 2.75) is 45.3 Å². The van der Waals surface area contributed by atoms with E-state index in [1.54, 1.807) is 11.3 Å². The smallest absolute Gasteiger partial charge is 0.268 e. The highest BCUT2D eigenvalue weighted by molar-refractivity contribution is 7.23. The first-order chi connectivity index (χ1) is 16.0. The van der Waals surface area contributed by atoms with Crippen molar-refractivity contribution in [2.75, 3.05) is 13.1 Å². The minimum absolute atomic E-state index is 0.00368. The molecule has 8 heteroatoms. The summed E-state index contributed by atoms with van der Waals surface area (Å²) in [6.45, 7) is 7.13. The van der Waals surface area contributed by atoms with E-state index in [9.17, 15) is 4.79 Å². The molecule has 1 aliphatic heterocycles. The lowest BCUT2D eigenvalue weighted by Gasteiger charge is -2.34. The Bertz CT molecular complexity index is 1270. The first kappa shape index (κ1) is 22.6. The third-order valence-electron chi connectivity index (χ3n) is 6.29. The molecule has 0 atom stereocenters. The standard InChI is InChI=1S/C25H27ClN4OS2/c1-16(2)29-11-9-18(10-12-29)28-24(31)21-13-17-5-3-4-6-20(17)30(21)15-19-14-27-25(32-19)22-7-8-23(26)33-22/h3-8,13-14,16,18H,9-12,15H2,1-2H3,(H,28,31). The summed E-state index contributed by atoms with van der Waals surface area (Å²) < 4.78 is 2.88. The molecule has 5 nitrogen and oxygen atoms in total. The van der Waals surface area contributed by atoms with Gasteiger partial charge in [0.1, 0.15) is 10.7 Å². The van der Waals surface area contributed by atoms with Crippen molar-refractivity contribution < 1.29 is 4.79 Å². The first-order valence-electron chi connectivity index (χ1n) is 11.3. The van der Waals surface area contributed by atoms with Crippen LogP contribution in [0.4, 0.5) is 0 Å². The Labute approximate surface area is 207 Å². The summed E-state index contributed by atoms with van der Waals surface area (Å²) in [5.41, 5.74) is 1.77. The zero-order valence-electron chi connectivity index (χ0n) is 18.8. The van der Waals surface area contributed by atoms with Crippen LogP contribution in [0.25, 0.3) is 20.8 Å². The SMILES string of the molecule is CC(C)N1CCC(NC(=O)c2cc3ccccc3n2Cc2cnc(-c3ccc(Cl)s3)s2)CC1. The van der Waals surface area contributed by atoms with Crippen LogP contribution in [0.15, 0.2) is 48.7 Å². The molecule has 4 aromatic rings. The number of hydrogen-bond donors (Lipinski definition) is 1. The zero-order chi connectivity index (χ0) is 22.9. The van der Waals surface area contributed by atoms with Crippen LogP contribution in [0.1, 0.15) is 42.1 Å². The van der Waals surface area contributed by atoms with Crippen molar-refractivity contribution in [3.63, 3.8) is 0 Å². The van der Waals surface area contributed by atoms with E-state index >= 15 is 0 Å². The highest BCUT2D eigenvalue weighted by Crippen LogP contribution is 2.34. The molecule has 4 heterocycles. The number of thiazole rings is 1. The topological polar surface area (TPSA) is 50.2 Å². The highest BCUT2D eigenvalue weighted by atomic mass is 35.5. The molecular formula is C25H27ClN4OS2. The fourth-order valence-corrected chi connectivity index (χ4v) is 6.47. The second kappa shape index (κ2) is 9.58. The molecule has 1 amide bonds. The molecule has 0 unspecified atom stereocenters. The predicted octanol–water partition coefficient (Wildman–Crippen LogP) is 6.13. The minimum atomic E-state index is 0.00368. The van der Waals surface area contributed by atoms with Gasteiger partial charge >= 0.3 is 0 Å². The molecule has 1 N–H and O–H groups in total. The summed E-state index contributed by atoms with van der Waals surface area (Å²) in [7, 11) is 0. The first-order valence-corrected chi connectivity index (χ1v) is 13.3. The van der Waals surface area contributed by atoms with E-state index in [0.717, 1.165) is 55.9 Å². The summed E-state index contributed by atoms with van der Waals surface area (Å²) in [6, 6.07) is 14.9. The monoisotopic (exact) mass is 498 g/mol. The zero-order valence-corrected chi connectivity index (χ0v) is 21.1. The molecule has 1 aromatic carbocycles. The molecule has 0 aliphatic carbocycles. The Morgan fingerprint density at radius 2 is 1.97 bits per heavy atom. The number of benzene rings is 1. The number of hydrogen-bond acceptors (Lipinski definition) is 5. The molecule has 0 bridgehead atoms. The van der Waals surface area contributed by atoms with Gasteiger partial charge in [0.25, 0.3) is 5.91 Å². The molecule has 33 heavy (non-hydrogen) atoms. The van der Waals surface area contributed by atoms with Crippen LogP contribution in [0, 0.1) is 0 Å². The minimum Gasteiger partial charge on any atom is -0.348 e. The Balaban J connectivity index is 1.38. The van der Waals surface area contributed by atoms with Crippen LogP contribution in [-0.2, 0) is 6.54 Å².